The minimum Gasteiger partial charge on any atom is -0.444 e. The monoisotopic (exact) mass is 550 g/mol. The van der Waals surface area contributed by atoms with Gasteiger partial charge in [0.05, 0.1) is 6.54 Å². The summed E-state index contributed by atoms with van der Waals surface area (Å²) in [5.74, 6) is 0.897. The summed E-state index contributed by atoms with van der Waals surface area (Å²) in [7, 11) is 4.37. The number of piperidine rings is 1. The van der Waals surface area contributed by atoms with E-state index in [1.807, 2.05) is 25.7 Å². The number of nitrogens with zero attached hydrogens (tertiary/aromatic N) is 4. The van der Waals surface area contributed by atoms with Crippen molar-refractivity contribution in [1.82, 2.24) is 25.3 Å². The van der Waals surface area contributed by atoms with Crippen molar-refractivity contribution in [3.05, 3.63) is 0 Å². The summed E-state index contributed by atoms with van der Waals surface area (Å²) in [5.41, 5.74) is -0.448. The number of amides is 1. The number of hydrogen-bond donors (Lipinski definition) is 2. The first-order valence-corrected chi connectivity index (χ1v) is 11.6. The summed E-state index contributed by atoms with van der Waals surface area (Å²) in [4.78, 5) is 24.4. The Hall–Kier alpha value is -0.810. The molecule has 3 fully saturated rings. The van der Waals surface area contributed by atoms with Crippen LogP contribution in [0.3, 0.4) is 0 Å². The Labute approximate surface area is 205 Å². The van der Waals surface area contributed by atoms with E-state index in [1.165, 1.54) is 0 Å². The predicted molar refractivity (Wildman–Crippen MR) is 136 cm³/mol. The lowest BCUT2D eigenvalue weighted by Gasteiger charge is -2.40. The van der Waals surface area contributed by atoms with Crippen molar-refractivity contribution in [2.45, 2.75) is 83.1 Å². The summed E-state index contributed by atoms with van der Waals surface area (Å²) in [5, 5.41) is 7.07. The summed E-state index contributed by atoms with van der Waals surface area (Å²) in [6.07, 6.45) is 3.88. The molecule has 3 aliphatic rings. The van der Waals surface area contributed by atoms with Crippen molar-refractivity contribution < 1.29 is 9.53 Å². The van der Waals surface area contributed by atoms with Gasteiger partial charge < -0.3 is 25.2 Å². The van der Waals surface area contributed by atoms with Crippen LogP contribution in [-0.2, 0) is 4.74 Å². The first-order valence-electron chi connectivity index (χ1n) is 11.6. The first kappa shape index (κ1) is 26.4. The highest BCUT2D eigenvalue weighted by atomic mass is 127. The molecule has 1 amide bonds. The molecule has 3 unspecified atom stereocenters. The van der Waals surface area contributed by atoms with Gasteiger partial charge in [-0.2, -0.15) is 0 Å². The number of hydrogen-bond acceptors (Lipinski definition) is 5. The van der Waals surface area contributed by atoms with Gasteiger partial charge in [0.25, 0.3) is 0 Å². The smallest absolute Gasteiger partial charge is 0.410 e. The number of piperazine rings is 1. The number of carbonyl (C=O) groups is 1. The predicted octanol–water partition coefficient (Wildman–Crippen LogP) is 2.34. The van der Waals surface area contributed by atoms with Crippen molar-refractivity contribution >= 4 is 36.0 Å². The second-order valence-electron chi connectivity index (χ2n) is 10.2. The molecule has 0 aromatic heterocycles. The molecule has 2 N–H and O–H groups in total. The lowest BCUT2D eigenvalue weighted by Crippen LogP contribution is -2.55. The van der Waals surface area contributed by atoms with Gasteiger partial charge >= 0.3 is 6.09 Å². The molecule has 0 aromatic rings. The van der Waals surface area contributed by atoms with Crippen molar-refractivity contribution in [1.29, 1.82) is 0 Å². The van der Waals surface area contributed by atoms with Crippen molar-refractivity contribution in [3.63, 3.8) is 0 Å². The Kier molecular flexibility index (Phi) is 9.69. The maximum Gasteiger partial charge on any atom is 0.410 e. The van der Waals surface area contributed by atoms with E-state index in [0.29, 0.717) is 12.1 Å². The fourth-order valence-electron chi connectivity index (χ4n) is 4.92. The maximum atomic E-state index is 12.7. The van der Waals surface area contributed by atoms with Gasteiger partial charge in [-0.05, 0) is 67.5 Å². The van der Waals surface area contributed by atoms with Gasteiger partial charge in [-0.3, -0.25) is 9.89 Å². The SMILES string of the molecule is CCNC(=NCC1CN(C)CCN1C)NC1CC2CCC(C1)N2C(=O)OC(C)(C)C.I. The van der Waals surface area contributed by atoms with Crippen LogP contribution in [-0.4, -0.2) is 103 Å². The highest BCUT2D eigenvalue weighted by Gasteiger charge is 2.45. The fourth-order valence-corrected chi connectivity index (χ4v) is 4.92. The number of nitrogens with one attached hydrogen (secondary N) is 2. The molecule has 0 aromatic carbocycles. The molecule has 3 aliphatic heterocycles. The quantitative estimate of drug-likeness (QED) is 0.318. The third-order valence-corrected chi connectivity index (χ3v) is 6.46. The standard InChI is InChI=1S/C22H42N6O2.HI/c1-7-23-20(24-14-19-15-26(5)10-11-27(19)6)25-16-12-17-8-9-18(13-16)28(17)21(29)30-22(2,3)4;/h16-19H,7-15H2,1-6H3,(H2,23,24,25);1H. The van der Waals surface area contributed by atoms with Crippen LogP contribution in [0.1, 0.15) is 53.4 Å². The van der Waals surface area contributed by atoms with Gasteiger partial charge in [-0.25, -0.2) is 4.79 Å². The van der Waals surface area contributed by atoms with Crippen molar-refractivity contribution in [2.24, 2.45) is 4.99 Å². The molecule has 0 aliphatic carbocycles. The van der Waals surface area contributed by atoms with Gasteiger partial charge in [0.1, 0.15) is 5.60 Å². The van der Waals surface area contributed by atoms with Crippen molar-refractivity contribution in [3.8, 4) is 0 Å². The molecule has 9 heteroatoms. The number of guanidine groups is 1. The van der Waals surface area contributed by atoms with Gasteiger partial charge in [0.15, 0.2) is 5.96 Å². The second-order valence-corrected chi connectivity index (χ2v) is 10.2. The topological polar surface area (TPSA) is 72.4 Å². The van der Waals surface area contributed by atoms with E-state index in [1.54, 1.807) is 0 Å². The van der Waals surface area contributed by atoms with E-state index >= 15 is 0 Å². The first-order chi connectivity index (χ1) is 14.2. The molecule has 2 bridgehead atoms. The Morgan fingerprint density at radius 2 is 1.77 bits per heavy atom. The zero-order valence-corrected chi connectivity index (χ0v) is 22.5. The molecule has 3 heterocycles. The third kappa shape index (κ3) is 7.35. The molecule has 31 heavy (non-hydrogen) atoms. The Balaban J connectivity index is 0.00000341. The average Bonchev–Trinajstić information content (AvgIpc) is 2.92. The van der Waals surface area contributed by atoms with Crippen LogP contribution < -0.4 is 10.6 Å². The summed E-state index contributed by atoms with van der Waals surface area (Å²) in [6.45, 7) is 12.8. The highest BCUT2D eigenvalue weighted by Crippen LogP contribution is 2.36. The summed E-state index contributed by atoms with van der Waals surface area (Å²) < 4.78 is 5.66. The van der Waals surface area contributed by atoms with Gasteiger partial charge in [-0.1, -0.05) is 0 Å². The molecular weight excluding hydrogens is 507 g/mol. The van der Waals surface area contributed by atoms with Crippen LogP contribution in [0.25, 0.3) is 0 Å². The Morgan fingerprint density at radius 1 is 1.13 bits per heavy atom. The molecule has 3 saturated heterocycles. The van der Waals surface area contributed by atoms with Crippen LogP contribution in [0.2, 0.25) is 0 Å². The fraction of sp³-hybridized carbons (Fsp3) is 0.909. The largest absolute Gasteiger partial charge is 0.444 e. The lowest BCUT2D eigenvalue weighted by molar-refractivity contribution is 0.00545. The van der Waals surface area contributed by atoms with E-state index in [-0.39, 0.29) is 42.2 Å². The molecule has 0 radical (unpaired) electrons. The van der Waals surface area contributed by atoms with E-state index in [9.17, 15) is 4.79 Å². The minimum absolute atomic E-state index is 0. The van der Waals surface area contributed by atoms with Gasteiger partial charge in [0, 0.05) is 50.3 Å². The molecule has 3 rings (SSSR count). The molecule has 0 saturated carbocycles. The maximum absolute atomic E-state index is 12.7. The van der Waals surface area contributed by atoms with Crippen LogP contribution in [0.5, 0.6) is 0 Å². The number of fused-ring (bicyclic) bond motifs is 2. The van der Waals surface area contributed by atoms with E-state index < -0.39 is 5.60 Å². The zero-order chi connectivity index (χ0) is 21.9. The Morgan fingerprint density at radius 3 is 2.35 bits per heavy atom. The number of rotatable bonds is 4. The van der Waals surface area contributed by atoms with Crippen molar-refractivity contribution in [2.75, 3.05) is 46.8 Å². The number of halogens is 1. The third-order valence-electron chi connectivity index (χ3n) is 6.46. The van der Waals surface area contributed by atoms with Crippen LogP contribution >= 0.6 is 24.0 Å². The molecule has 3 atom stereocenters. The molecule has 180 valence electrons. The average molecular weight is 551 g/mol. The van der Waals surface area contributed by atoms with E-state index in [4.69, 9.17) is 9.73 Å². The van der Waals surface area contributed by atoms with Gasteiger partial charge in [0.2, 0.25) is 0 Å². The number of carbonyl (C=O) groups excluding carboxylic acids is 1. The molecular formula is C22H43IN6O2. The lowest BCUT2D eigenvalue weighted by atomic mass is 9.98. The number of ether oxygens (including phenoxy) is 1. The minimum atomic E-state index is -0.448. The Bertz CT molecular complexity index is 612. The zero-order valence-electron chi connectivity index (χ0n) is 20.2. The second kappa shape index (κ2) is 11.4. The number of aliphatic imine (C=N–C) groups is 1. The van der Waals surface area contributed by atoms with Crippen LogP contribution in [0.15, 0.2) is 4.99 Å². The number of likely N-dealkylation sites (N-methyl/N-ethyl adjacent to an activating group) is 2. The molecule has 8 nitrogen and oxygen atoms in total. The summed E-state index contributed by atoms with van der Waals surface area (Å²) in [6, 6.07) is 1.31. The van der Waals surface area contributed by atoms with Crippen LogP contribution in [0, 0.1) is 0 Å². The normalized spacial score (nSPS) is 30.0. The van der Waals surface area contributed by atoms with Crippen LogP contribution in [0.4, 0.5) is 4.79 Å². The van der Waals surface area contributed by atoms with E-state index in [0.717, 1.165) is 64.4 Å². The van der Waals surface area contributed by atoms with Gasteiger partial charge in [-0.15, -0.1) is 24.0 Å². The molecule has 0 spiro atoms. The van der Waals surface area contributed by atoms with E-state index in [2.05, 4.69) is 41.5 Å². The highest BCUT2D eigenvalue weighted by molar-refractivity contribution is 14.0. The summed E-state index contributed by atoms with van der Waals surface area (Å²) >= 11 is 0.